The molecule has 0 radical (unpaired) electrons. The summed E-state index contributed by atoms with van der Waals surface area (Å²) in [5.74, 6) is -0.579. The van der Waals surface area contributed by atoms with E-state index in [9.17, 15) is 18.4 Å². The average Bonchev–Trinajstić information content (AvgIpc) is 3.41. The van der Waals surface area contributed by atoms with E-state index in [0.717, 1.165) is 25.7 Å². The van der Waals surface area contributed by atoms with Crippen LogP contribution in [0.5, 0.6) is 0 Å². The van der Waals surface area contributed by atoms with Crippen LogP contribution in [-0.4, -0.2) is 60.0 Å². The number of carbonyl (C=O) groups excluding carboxylic acids is 2. The van der Waals surface area contributed by atoms with Gasteiger partial charge in [-0.2, -0.15) is 10.2 Å². The van der Waals surface area contributed by atoms with Crippen LogP contribution in [0, 0.1) is 5.41 Å². The second-order valence-corrected chi connectivity index (χ2v) is 10.7. The molecule has 0 bridgehead atoms. The lowest BCUT2D eigenvalue weighted by atomic mass is 9.67. The number of ether oxygens (including phenoxy) is 1. The molecule has 12 heteroatoms. The van der Waals surface area contributed by atoms with Gasteiger partial charge in [0, 0.05) is 37.1 Å². The Hall–Kier alpha value is -3.57. The van der Waals surface area contributed by atoms with Crippen LogP contribution in [0.25, 0.3) is 5.65 Å². The van der Waals surface area contributed by atoms with Crippen LogP contribution >= 0.6 is 0 Å². The Balaban J connectivity index is 1.24. The van der Waals surface area contributed by atoms with Crippen LogP contribution in [0.3, 0.4) is 0 Å². The molecule has 4 heterocycles. The van der Waals surface area contributed by atoms with Crippen molar-refractivity contribution in [2.24, 2.45) is 5.41 Å². The predicted molar refractivity (Wildman–Crippen MR) is 126 cm³/mol. The summed E-state index contributed by atoms with van der Waals surface area (Å²) < 4.78 is 36.0. The monoisotopic (exact) mass is 501 g/mol. The lowest BCUT2D eigenvalue weighted by molar-refractivity contribution is -0.0539. The molecule has 2 fully saturated rings. The number of nitrogens with one attached hydrogen (secondary N) is 1. The summed E-state index contributed by atoms with van der Waals surface area (Å²) in [4.78, 5) is 31.0. The SMILES string of the molecule is CC(C)(C)OC(=O)N1CC2(CCC(n3cc(NC(=O)c4cnn5cccnc45)c(C(F)F)n3)CC2)C1. The van der Waals surface area contributed by atoms with E-state index >= 15 is 0 Å². The van der Waals surface area contributed by atoms with E-state index in [-0.39, 0.29) is 28.8 Å². The Bertz CT molecular complexity index is 1280. The van der Waals surface area contributed by atoms with Crippen molar-refractivity contribution < 1.29 is 23.1 Å². The van der Waals surface area contributed by atoms with Gasteiger partial charge in [0.05, 0.1) is 17.9 Å². The molecular formula is C24H29F2N7O3. The maximum Gasteiger partial charge on any atom is 0.410 e. The molecule has 1 aliphatic heterocycles. The number of hydrogen-bond donors (Lipinski definition) is 1. The third-order valence-corrected chi connectivity index (χ3v) is 6.83. The predicted octanol–water partition coefficient (Wildman–Crippen LogP) is 4.47. The van der Waals surface area contributed by atoms with Gasteiger partial charge in [0.2, 0.25) is 0 Å². The minimum atomic E-state index is -2.84. The van der Waals surface area contributed by atoms with E-state index in [4.69, 9.17) is 4.74 Å². The van der Waals surface area contributed by atoms with Crippen molar-refractivity contribution in [2.45, 2.75) is 64.5 Å². The third kappa shape index (κ3) is 4.63. The molecule has 1 aliphatic carbocycles. The van der Waals surface area contributed by atoms with Crippen LogP contribution in [0.1, 0.15) is 75.0 Å². The van der Waals surface area contributed by atoms with E-state index in [0.29, 0.717) is 18.7 Å². The molecule has 3 aromatic rings. The Labute approximate surface area is 206 Å². The average molecular weight is 502 g/mol. The molecule has 192 valence electrons. The number of rotatable bonds is 4. The summed E-state index contributed by atoms with van der Waals surface area (Å²) in [6.45, 7) is 6.81. The lowest BCUT2D eigenvalue weighted by Gasteiger charge is -2.53. The highest BCUT2D eigenvalue weighted by molar-refractivity contribution is 6.08. The van der Waals surface area contributed by atoms with E-state index in [1.165, 1.54) is 23.1 Å². The van der Waals surface area contributed by atoms with Crippen molar-refractivity contribution in [3.63, 3.8) is 0 Å². The minimum Gasteiger partial charge on any atom is -0.444 e. The maximum atomic E-state index is 13.8. The fourth-order valence-corrected chi connectivity index (χ4v) is 5.04. The summed E-state index contributed by atoms with van der Waals surface area (Å²) in [5.41, 5.74) is -0.463. The molecule has 0 unspecified atom stereocenters. The first-order chi connectivity index (χ1) is 17.0. The quantitative estimate of drug-likeness (QED) is 0.566. The number of aromatic nitrogens is 5. The fourth-order valence-electron chi connectivity index (χ4n) is 5.04. The number of carbonyl (C=O) groups is 2. The van der Waals surface area contributed by atoms with Gasteiger partial charge < -0.3 is 15.0 Å². The van der Waals surface area contributed by atoms with Crippen molar-refractivity contribution in [3.05, 3.63) is 42.1 Å². The van der Waals surface area contributed by atoms with Crippen LogP contribution in [0.15, 0.2) is 30.9 Å². The fraction of sp³-hybridized carbons (Fsp3) is 0.542. The van der Waals surface area contributed by atoms with Crippen molar-refractivity contribution in [3.8, 4) is 0 Å². The summed E-state index contributed by atoms with van der Waals surface area (Å²) >= 11 is 0. The molecule has 3 aromatic heterocycles. The van der Waals surface area contributed by atoms with E-state index in [1.807, 2.05) is 20.8 Å². The molecule has 1 spiro atoms. The Kier molecular flexibility index (Phi) is 5.92. The smallest absolute Gasteiger partial charge is 0.410 e. The van der Waals surface area contributed by atoms with Gasteiger partial charge in [-0.1, -0.05) is 0 Å². The van der Waals surface area contributed by atoms with Crippen molar-refractivity contribution in [1.29, 1.82) is 0 Å². The number of alkyl halides is 2. The molecular weight excluding hydrogens is 472 g/mol. The van der Waals surface area contributed by atoms with E-state index in [2.05, 4.69) is 20.5 Å². The van der Waals surface area contributed by atoms with E-state index in [1.54, 1.807) is 21.8 Å². The Morgan fingerprint density at radius 1 is 1.22 bits per heavy atom. The molecule has 2 amide bonds. The molecule has 1 saturated heterocycles. The zero-order valence-corrected chi connectivity index (χ0v) is 20.4. The van der Waals surface area contributed by atoms with Crippen LogP contribution < -0.4 is 5.32 Å². The number of anilines is 1. The van der Waals surface area contributed by atoms with Gasteiger partial charge in [0.15, 0.2) is 11.3 Å². The van der Waals surface area contributed by atoms with Crippen molar-refractivity contribution in [2.75, 3.05) is 18.4 Å². The Morgan fingerprint density at radius 2 is 1.94 bits per heavy atom. The number of likely N-dealkylation sites (tertiary alicyclic amines) is 1. The number of halogens is 2. The summed E-state index contributed by atoms with van der Waals surface area (Å²) in [5, 5.41) is 10.8. The zero-order chi connectivity index (χ0) is 25.7. The first-order valence-corrected chi connectivity index (χ1v) is 12.0. The van der Waals surface area contributed by atoms with Gasteiger partial charge in [-0.25, -0.2) is 23.1 Å². The topological polar surface area (TPSA) is 107 Å². The third-order valence-electron chi connectivity index (χ3n) is 6.83. The molecule has 0 aromatic carbocycles. The highest BCUT2D eigenvalue weighted by Gasteiger charge is 2.48. The second kappa shape index (κ2) is 8.82. The maximum absolute atomic E-state index is 13.8. The summed E-state index contributed by atoms with van der Waals surface area (Å²) in [6.07, 6.45) is 6.08. The highest BCUT2D eigenvalue weighted by Crippen LogP contribution is 2.47. The summed E-state index contributed by atoms with van der Waals surface area (Å²) in [7, 11) is 0. The molecule has 0 atom stereocenters. The molecule has 1 saturated carbocycles. The van der Waals surface area contributed by atoms with Crippen LogP contribution in [0.4, 0.5) is 19.3 Å². The number of hydrogen-bond acceptors (Lipinski definition) is 6. The van der Waals surface area contributed by atoms with Gasteiger partial charge in [-0.05, 0) is 52.5 Å². The molecule has 36 heavy (non-hydrogen) atoms. The zero-order valence-electron chi connectivity index (χ0n) is 20.4. The van der Waals surface area contributed by atoms with Crippen LogP contribution in [-0.2, 0) is 4.74 Å². The van der Waals surface area contributed by atoms with Gasteiger partial charge in [-0.3, -0.25) is 9.48 Å². The molecule has 1 N–H and O–H groups in total. The minimum absolute atomic E-state index is 0.0229. The first kappa shape index (κ1) is 24.1. The normalized spacial score (nSPS) is 18.0. The highest BCUT2D eigenvalue weighted by atomic mass is 19.3. The molecule has 2 aliphatic rings. The summed E-state index contributed by atoms with van der Waals surface area (Å²) in [6, 6.07) is 1.61. The number of amides is 2. The second-order valence-electron chi connectivity index (χ2n) is 10.7. The van der Waals surface area contributed by atoms with Gasteiger partial charge in [0.25, 0.3) is 12.3 Å². The van der Waals surface area contributed by atoms with Crippen molar-refractivity contribution in [1.82, 2.24) is 29.3 Å². The van der Waals surface area contributed by atoms with Crippen molar-refractivity contribution >= 4 is 23.3 Å². The van der Waals surface area contributed by atoms with Gasteiger partial charge in [0.1, 0.15) is 11.2 Å². The molecule has 5 rings (SSSR count). The van der Waals surface area contributed by atoms with Gasteiger partial charge >= 0.3 is 6.09 Å². The number of nitrogens with zero attached hydrogens (tertiary/aromatic N) is 6. The van der Waals surface area contributed by atoms with E-state index < -0.39 is 23.6 Å². The molecule has 10 nitrogen and oxygen atoms in total. The van der Waals surface area contributed by atoms with Gasteiger partial charge in [-0.15, -0.1) is 0 Å². The largest absolute Gasteiger partial charge is 0.444 e. The lowest BCUT2D eigenvalue weighted by Crippen LogP contribution is -2.60. The number of fused-ring (bicyclic) bond motifs is 1. The standard InChI is InChI=1S/C24H29F2N7O3/c1-23(2,3)36-22(35)31-13-24(14-31)7-5-15(6-8-24)33-12-17(18(30-33)19(25)26)29-21(34)16-11-28-32-10-4-9-27-20(16)32/h4,9-12,15,19H,5-8,13-14H2,1-3H3,(H,29,34). The first-order valence-electron chi connectivity index (χ1n) is 12.0. The Morgan fingerprint density at radius 3 is 2.61 bits per heavy atom. The van der Waals surface area contributed by atoms with Crippen LogP contribution in [0.2, 0.25) is 0 Å².